The molecular weight excluding hydrogens is 1000 g/mol. The van der Waals surface area contributed by atoms with E-state index >= 15 is 0 Å². The first kappa shape index (κ1) is 76.7. The van der Waals surface area contributed by atoms with Crippen LogP contribution in [0.5, 0.6) is 0 Å². The highest BCUT2D eigenvalue weighted by Gasteiger charge is 2.16. The molecule has 1 unspecified atom stereocenters. The van der Waals surface area contributed by atoms with Crippen LogP contribution in [0.2, 0.25) is 0 Å². The van der Waals surface area contributed by atoms with Crippen molar-refractivity contribution in [1.29, 1.82) is 0 Å². The van der Waals surface area contributed by atoms with E-state index in [-0.39, 0.29) is 25.2 Å². The van der Waals surface area contributed by atoms with Crippen molar-refractivity contribution in [3.05, 3.63) is 194 Å². The van der Waals surface area contributed by atoms with Gasteiger partial charge in [-0.25, -0.2) is 0 Å². The van der Waals surface area contributed by atoms with E-state index in [4.69, 9.17) is 9.47 Å². The van der Waals surface area contributed by atoms with Crippen molar-refractivity contribution in [2.24, 2.45) is 0 Å². The van der Waals surface area contributed by atoms with E-state index in [1.165, 1.54) is 70.6 Å². The number of aliphatic hydroxyl groups excluding tert-OH is 1. The second-order valence-electron chi connectivity index (χ2n) is 21.1. The van der Waals surface area contributed by atoms with Crippen LogP contribution < -0.4 is 0 Å². The number of carbonyl (C=O) groups is 2. The van der Waals surface area contributed by atoms with Gasteiger partial charge in [-0.3, -0.25) is 9.59 Å². The van der Waals surface area contributed by atoms with Crippen molar-refractivity contribution in [2.75, 3.05) is 13.2 Å². The highest BCUT2D eigenvalue weighted by atomic mass is 16.6. The van der Waals surface area contributed by atoms with Crippen LogP contribution in [0.15, 0.2) is 194 Å². The van der Waals surface area contributed by atoms with Crippen LogP contribution >= 0.6 is 0 Å². The second kappa shape index (κ2) is 70.0. The molecule has 82 heavy (non-hydrogen) atoms. The molecule has 5 heteroatoms. The van der Waals surface area contributed by atoms with Gasteiger partial charge in [-0.15, -0.1) is 0 Å². The molecule has 1 atom stereocenters. The molecule has 0 spiro atoms. The monoisotopic (exact) mass is 1120 g/mol. The maximum atomic E-state index is 12.3. The molecule has 0 aromatic rings. The summed E-state index contributed by atoms with van der Waals surface area (Å²) in [6, 6.07) is 0. The Bertz CT molecular complexity index is 1900. The summed E-state index contributed by atoms with van der Waals surface area (Å²) in [5.74, 6) is -0.625. The SMILES string of the molecule is CC/C=C\C/C=C\C/C=C\C/C=C\C/C=C\C/C=C\C/C=C\C/C=C\C/C=C\C/C=C\C/C=C\CCCCCCCC(=O)OC(CO)COC(=O)CCCCCCCCCCCCCCC/C=C\C/C=C\C/C=C\C/C=C\C/C=C\CC. The van der Waals surface area contributed by atoms with Gasteiger partial charge in [0.25, 0.3) is 0 Å². The van der Waals surface area contributed by atoms with Crippen LogP contribution in [0, 0.1) is 0 Å². The molecule has 0 aliphatic carbocycles. The lowest BCUT2D eigenvalue weighted by molar-refractivity contribution is -0.161. The number of ether oxygens (including phenoxy) is 2. The molecule has 0 rings (SSSR count). The van der Waals surface area contributed by atoms with Gasteiger partial charge in [0.05, 0.1) is 6.61 Å². The summed E-state index contributed by atoms with van der Waals surface area (Å²) in [5, 5.41) is 9.69. The van der Waals surface area contributed by atoms with Crippen LogP contribution in [-0.4, -0.2) is 36.4 Å². The van der Waals surface area contributed by atoms with Crippen molar-refractivity contribution in [3.63, 3.8) is 0 Å². The van der Waals surface area contributed by atoms with Gasteiger partial charge in [-0.1, -0.05) is 298 Å². The first-order chi connectivity index (χ1) is 40.6. The molecule has 0 aliphatic rings. The maximum absolute atomic E-state index is 12.3. The largest absolute Gasteiger partial charge is 0.462 e. The number of hydrogen-bond acceptors (Lipinski definition) is 5. The Morgan fingerprint density at radius 2 is 0.488 bits per heavy atom. The lowest BCUT2D eigenvalue weighted by Crippen LogP contribution is -2.28. The molecule has 0 fully saturated rings. The van der Waals surface area contributed by atoms with Gasteiger partial charge in [0.2, 0.25) is 0 Å². The van der Waals surface area contributed by atoms with Gasteiger partial charge in [0.1, 0.15) is 6.61 Å². The molecule has 0 amide bonds. The van der Waals surface area contributed by atoms with E-state index in [0.717, 1.165) is 161 Å². The Labute approximate surface area is 505 Å². The number of unbranched alkanes of at least 4 members (excludes halogenated alkanes) is 18. The third-order valence-corrected chi connectivity index (χ3v) is 13.4. The van der Waals surface area contributed by atoms with E-state index in [9.17, 15) is 14.7 Å². The van der Waals surface area contributed by atoms with Crippen molar-refractivity contribution >= 4 is 11.9 Å². The number of esters is 2. The minimum atomic E-state index is -0.799. The highest BCUT2D eigenvalue weighted by molar-refractivity contribution is 5.70. The van der Waals surface area contributed by atoms with Crippen molar-refractivity contribution in [1.82, 2.24) is 0 Å². The summed E-state index contributed by atoms with van der Waals surface area (Å²) in [6.45, 7) is 3.89. The van der Waals surface area contributed by atoms with Gasteiger partial charge in [-0.2, -0.15) is 0 Å². The van der Waals surface area contributed by atoms with E-state index in [1.54, 1.807) is 0 Å². The van der Waals surface area contributed by atoms with Crippen molar-refractivity contribution in [3.8, 4) is 0 Å². The standard InChI is InChI=1S/C77H120O5/c1-3-5-7-9-11-13-15-17-19-21-23-25-27-29-31-33-34-35-36-37-38-39-40-41-42-44-46-48-50-52-54-56-58-60-62-64-66-68-70-72-77(80)82-75(73-78)74-81-76(79)71-69-67-65-63-61-59-57-55-53-51-49-47-45-43-32-30-28-26-24-22-20-18-16-14-12-10-8-6-4-2/h5-8,11-14,17-20,23-26,29-32,34-35,37-38,40-41,44,46,50,52,56,58,75,78H,3-4,9-10,15-16,21-22,27-28,33,36,39,42-43,45,47-49,51,53-55,57,59-74H2,1-2H3/b7-5-,8-6-,13-11-,14-12-,19-17-,20-18-,25-23-,26-24-,31-29-,32-30-,35-34-,38-37-,41-40-,46-44-,52-50-,58-56-. The average molecular weight is 1130 g/mol. The number of allylic oxidation sites excluding steroid dienone is 32. The summed E-state index contributed by atoms with van der Waals surface area (Å²) < 4.78 is 10.7. The topological polar surface area (TPSA) is 72.8 Å². The van der Waals surface area contributed by atoms with Crippen LogP contribution in [0.25, 0.3) is 0 Å². The van der Waals surface area contributed by atoms with Crippen LogP contribution in [0.3, 0.4) is 0 Å². The van der Waals surface area contributed by atoms with Gasteiger partial charge in [-0.05, 0) is 141 Å². The minimum Gasteiger partial charge on any atom is -0.462 e. The van der Waals surface area contributed by atoms with Gasteiger partial charge < -0.3 is 14.6 Å². The van der Waals surface area contributed by atoms with E-state index in [0.29, 0.717) is 12.8 Å². The van der Waals surface area contributed by atoms with Gasteiger partial charge >= 0.3 is 11.9 Å². The molecule has 0 bridgehead atoms. The lowest BCUT2D eigenvalue weighted by Gasteiger charge is -2.15. The van der Waals surface area contributed by atoms with E-state index < -0.39 is 6.10 Å². The Morgan fingerprint density at radius 3 is 0.732 bits per heavy atom. The third kappa shape index (κ3) is 67.2. The molecule has 0 heterocycles. The maximum Gasteiger partial charge on any atom is 0.306 e. The lowest BCUT2D eigenvalue weighted by atomic mass is 10.0. The van der Waals surface area contributed by atoms with Gasteiger partial charge in [0.15, 0.2) is 6.10 Å². The fourth-order valence-electron chi connectivity index (χ4n) is 8.53. The zero-order valence-electron chi connectivity index (χ0n) is 52.4. The summed E-state index contributed by atoms with van der Waals surface area (Å²) in [5.41, 5.74) is 0. The molecule has 0 aromatic carbocycles. The zero-order chi connectivity index (χ0) is 59.1. The molecule has 0 saturated heterocycles. The average Bonchev–Trinajstić information content (AvgIpc) is 3.49. The van der Waals surface area contributed by atoms with E-state index in [2.05, 4.69) is 208 Å². The number of carbonyl (C=O) groups excluding carboxylic acids is 2. The van der Waals surface area contributed by atoms with Gasteiger partial charge in [0, 0.05) is 12.8 Å². The van der Waals surface area contributed by atoms with E-state index in [1.807, 2.05) is 0 Å². The molecular formula is C77H120O5. The predicted molar refractivity (Wildman–Crippen MR) is 361 cm³/mol. The highest BCUT2D eigenvalue weighted by Crippen LogP contribution is 2.15. The first-order valence-corrected chi connectivity index (χ1v) is 33.0. The normalized spacial score (nSPS) is 13.5. The number of rotatable bonds is 58. The number of hydrogen-bond donors (Lipinski definition) is 1. The predicted octanol–water partition coefficient (Wildman–Crippen LogP) is 23.2. The smallest absolute Gasteiger partial charge is 0.306 e. The quantitative estimate of drug-likeness (QED) is 0.0373. The summed E-state index contributed by atoms with van der Waals surface area (Å²) >= 11 is 0. The Kier molecular flexibility index (Phi) is 65.5. The van der Waals surface area contributed by atoms with Crippen LogP contribution in [0.4, 0.5) is 0 Å². The summed E-state index contributed by atoms with van der Waals surface area (Å²) in [7, 11) is 0. The Hall–Kier alpha value is -5.26. The second-order valence-corrected chi connectivity index (χ2v) is 21.1. The summed E-state index contributed by atoms with van der Waals surface area (Å²) in [4.78, 5) is 24.6. The third-order valence-electron chi connectivity index (χ3n) is 13.4. The Morgan fingerprint density at radius 1 is 0.280 bits per heavy atom. The molecule has 0 aromatic heterocycles. The molecule has 0 saturated carbocycles. The minimum absolute atomic E-state index is 0.0862. The van der Waals surface area contributed by atoms with Crippen LogP contribution in [-0.2, 0) is 19.1 Å². The molecule has 1 N–H and O–H groups in total. The Balaban J connectivity index is 3.63. The van der Waals surface area contributed by atoms with Crippen molar-refractivity contribution < 1.29 is 24.2 Å². The first-order valence-electron chi connectivity index (χ1n) is 33.0. The fourth-order valence-corrected chi connectivity index (χ4v) is 8.53. The molecule has 5 nitrogen and oxygen atoms in total. The van der Waals surface area contributed by atoms with Crippen LogP contribution in [0.1, 0.15) is 258 Å². The number of aliphatic hydroxyl groups is 1. The molecule has 0 aliphatic heterocycles. The molecule has 0 radical (unpaired) electrons. The summed E-state index contributed by atoms with van der Waals surface area (Å²) in [6.07, 6.45) is 111. The fraction of sp³-hybridized carbons (Fsp3) is 0.558. The zero-order valence-corrected chi connectivity index (χ0v) is 52.4. The van der Waals surface area contributed by atoms with Crippen molar-refractivity contribution in [2.45, 2.75) is 264 Å². The molecule has 458 valence electrons.